The van der Waals surface area contributed by atoms with Crippen LogP contribution in [0.3, 0.4) is 0 Å². The lowest BCUT2D eigenvalue weighted by atomic mass is 10.1. The lowest BCUT2D eigenvalue weighted by Gasteiger charge is -1.96. The highest BCUT2D eigenvalue weighted by molar-refractivity contribution is 5.92. The second-order valence-corrected chi connectivity index (χ2v) is 3.16. The van der Waals surface area contributed by atoms with E-state index in [0.717, 1.165) is 16.8 Å². The van der Waals surface area contributed by atoms with Gasteiger partial charge in [-0.2, -0.15) is 0 Å². The van der Waals surface area contributed by atoms with Gasteiger partial charge in [-0.1, -0.05) is 18.1 Å². The Balaban J connectivity index is 2.24. The highest BCUT2D eigenvalue weighted by atomic mass is 16.1. The van der Waals surface area contributed by atoms with Crippen LogP contribution in [-0.2, 0) is 4.79 Å². The molecule has 3 N–H and O–H groups in total. The van der Waals surface area contributed by atoms with Gasteiger partial charge in [-0.25, -0.2) is 4.98 Å². The molecule has 4 nitrogen and oxygen atoms in total. The Morgan fingerprint density at radius 3 is 2.62 bits per heavy atom. The van der Waals surface area contributed by atoms with E-state index in [9.17, 15) is 4.79 Å². The summed E-state index contributed by atoms with van der Waals surface area (Å²) in [6, 6.07) is 7.45. The Morgan fingerprint density at radius 2 is 2.06 bits per heavy atom. The van der Waals surface area contributed by atoms with E-state index in [1.807, 2.05) is 24.3 Å². The van der Waals surface area contributed by atoms with E-state index >= 15 is 0 Å². The molecule has 1 aromatic carbocycles. The minimum Gasteiger partial charge on any atom is -0.359 e. The molecule has 4 heteroatoms. The molecule has 0 saturated carbocycles. The van der Waals surface area contributed by atoms with Crippen molar-refractivity contribution in [1.82, 2.24) is 9.97 Å². The van der Waals surface area contributed by atoms with Crippen molar-refractivity contribution < 1.29 is 4.79 Å². The normalized spacial score (nSPS) is 9.25. The summed E-state index contributed by atoms with van der Waals surface area (Å²) < 4.78 is 0. The van der Waals surface area contributed by atoms with E-state index in [4.69, 9.17) is 5.73 Å². The number of primary amides is 1. The molecule has 78 valence electrons. The number of nitrogens with one attached hydrogen (secondary N) is 1. The maximum Gasteiger partial charge on any atom is 0.293 e. The summed E-state index contributed by atoms with van der Waals surface area (Å²) in [6.45, 7) is 0. The molecule has 0 spiro atoms. The van der Waals surface area contributed by atoms with Gasteiger partial charge in [0, 0.05) is 5.56 Å². The van der Waals surface area contributed by atoms with Gasteiger partial charge in [0.15, 0.2) is 0 Å². The lowest BCUT2D eigenvalue weighted by Crippen LogP contribution is -2.06. The number of aromatic amines is 1. The molecule has 0 aliphatic carbocycles. The number of aromatic nitrogens is 2. The predicted octanol–water partition coefficient (Wildman–Crippen LogP) is 0.914. The van der Waals surface area contributed by atoms with Gasteiger partial charge in [0.2, 0.25) is 0 Å². The van der Waals surface area contributed by atoms with Crippen molar-refractivity contribution in [3.8, 4) is 23.1 Å². The van der Waals surface area contributed by atoms with Gasteiger partial charge in [0.1, 0.15) is 0 Å². The lowest BCUT2D eigenvalue weighted by molar-refractivity contribution is -0.112. The van der Waals surface area contributed by atoms with Crippen LogP contribution < -0.4 is 5.73 Å². The first-order chi connectivity index (χ1) is 7.75. The quantitative estimate of drug-likeness (QED) is 0.688. The topological polar surface area (TPSA) is 71.8 Å². The Labute approximate surface area is 92.5 Å². The van der Waals surface area contributed by atoms with E-state index in [2.05, 4.69) is 21.8 Å². The average molecular weight is 211 g/mol. The Bertz CT molecular complexity index is 544. The van der Waals surface area contributed by atoms with Crippen LogP contribution in [0.2, 0.25) is 0 Å². The molecule has 1 aromatic heterocycles. The highest BCUT2D eigenvalue weighted by Gasteiger charge is 1.97. The maximum atomic E-state index is 10.5. The van der Waals surface area contributed by atoms with E-state index in [1.165, 1.54) is 0 Å². The van der Waals surface area contributed by atoms with Crippen molar-refractivity contribution in [2.24, 2.45) is 5.73 Å². The molecule has 0 atom stereocenters. The van der Waals surface area contributed by atoms with E-state index in [0.29, 0.717) is 0 Å². The average Bonchev–Trinajstić information content (AvgIpc) is 2.80. The van der Waals surface area contributed by atoms with Gasteiger partial charge < -0.3 is 10.7 Å². The molecule has 2 rings (SSSR count). The predicted molar refractivity (Wildman–Crippen MR) is 60.1 cm³/mol. The zero-order valence-corrected chi connectivity index (χ0v) is 8.40. The number of imidazole rings is 1. The monoisotopic (exact) mass is 211 g/mol. The Hall–Kier alpha value is -2.54. The van der Waals surface area contributed by atoms with Gasteiger partial charge >= 0.3 is 0 Å². The number of benzene rings is 1. The number of carbonyl (C=O) groups excluding carboxylic acids is 1. The van der Waals surface area contributed by atoms with E-state index < -0.39 is 5.91 Å². The highest BCUT2D eigenvalue weighted by Crippen LogP contribution is 2.15. The summed E-state index contributed by atoms with van der Waals surface area (Å²) in [5.74, 6) is 4.32. The first-order valence-corrected chi connectivity index (χ1v) is 4.66. The third-order valence-electron chi connectivity index (χ3n) is 2.02. The number of nitrogens with two attached hydrogens (primary N) is 1. The first kappa shape index (κ1) is 9.99. The van der Waals surface area contributed by atoms with Crippen molar-refractivity contribution in [3.63, 3.8) is 0 Å². The molecule has 1 amide bonds. The fraction of sp³-hybridized carbons (Fsp3) is 0. The van der Waals surface area contributed by atoms with E-state index in [1.54, 1.807) is 12.5 Å². The maximum absolute atomic E-state index is 10.5. The molecule has 2 aromatic rings. The summed E-state index contributed by atoms with van der Waals surface area (Å²) in [5.41, 5.74) is 7.63. The second kappa shape index (κ2) is 4.32. The molecular weight excluding hydrogens is 202 g/mol. The van der Waals surface area contributed by atoms with Crippen molar-refractivity contribution >= 4 is 5.91 Å². The largest absolute Gasteiger partial charge is 0.359 e. The second-order valence-electron chi connectivity index (χ2n) is 3.16. The number of rotatable bonds is 1. The van der Waals surface area contributed by atoms with Crippen LogP contribution in [-0.4, -0.2) is 15.9 Å². The number of hydrogen-bond donors (Lipinski definition) is 2. The Morgan fingerprint density at radius 1 is 1.31 bits per heavy atom. The van der Waals surface area contributed by atoms with Crippen LogP contribution in [0.5, 0.6) is 0 Å². The van der Waals surface area contributed by atoms with Crippen molar-refractivity contribution in [3.05, 3.63) is 42.4 Å². The van der Waals surface area contributed by atoms with Crippen LogP contribution in [0.25, 0.3) is 11.3 Å². The van der Waals surface area contributed by atoms with Crippen LogP contribution in [0.1, 0.15) is 5.56 Å². The molecule has 0 saturated heterocycles. The third kappa shape index (κ3) is 2.28. The van der Waals surface area contributed by atoms with Gasteiger partial charge in [-0.3, -0.25) is 4.79 Å². The van der Waals surface area contributed by atoms with Crippen LogP contribution >= 0.6 is 0 Å². The van der Waals surface area contributed by atoms with Crippen molar-refractivity contribution in [2.45, 2.75) is 0 Å². The Kier molecular flexibility index (Phi) is 2.70. The first-order valence-electron chi connectivity index (χ1n) is 4.66. The number of carbonyl (C=O) groups is 1. The van der Waals surface area contributed by atoms with Gasteiger partial charge in [0.05, 0.1) is 18.2 Å². The summed E-state index contributed by atoms with van der Waals surface area (Å²) in [6.07, 6.45) is 3.36. The molecular formula is C12H9N3O. The van der Waals surface area contributed by atoms with Crippen LogP contribution in [0, 0.1) is 11.8 Å². The summed E-state index contributed by atoms with van der Waals surface area (Å²) in [5, 5.41) is 0. The standard InChI is InChI=1S/C12H9N3O/c13-12(16)6-3-9-1-4-10(5-2-9)11-7-14-8-15-11/h1-2,4-5,7-8H,(H2,13,16)(H,14,15). The SMILES string of the molecule is NC(=O)C#Cc1ccc(-c2cnc[nH]2)cc1. The fourth-order valence-electron chi connectivity index (χ4n) is 1.28. The summed E-state index contributed by atoms with van der Waals surface area (Å²) >= 11 is 0. The van der Waals surface area contributed by atoms with Gasteiger partial charge in [-0.05, 0) is 23.6 Å². The molecule has 0 bridgehead atoms. The minimum atomic E-state index is -0.627. The smallest absolute Gasteiger partial charge is 0.293 e. The minimum absolute atomic E-state index is 0.627. The zero-order chi connectivity index (χ0) is 11.4. The number of hydrogen-bond acceptors (Lipinski definition) is 2. The summed E-state index contributed by atoms with van der Waals surface area (Å²) in [7, 11) is 0. The molecule has 0 radical (unpaired) electrons. The molecule has 0 aliphatic heterocycles. The van der Waals surface area contributed by atoms with Gasteiger partial charge in [-0.15, -0.1) is 0 Å². The molecule has 0 aliphatic rings. The van der Waals surface area contributed by atoms with Crippen molar-refractivity contribution in [1.29, 1.82) is 0 Å². The van der Waals surface area contributed by atoms with Crippen LogP contribution in [0.15, 0.2) is 36.8 Å². The van der Waals surface area contributed by atoms with E-state index in [-0.39, 0.29) is 0 Å². The number of nitrogens with zero attached hydrogens (tertiary/aromatic N) is 1. The third-order valence-corrected chi connectivity index (χ3v) is 2.02. The molecule has 0 unspecified atom stereocenters. The zero-order valence-electron chi connectivity index (χ0n) is 8.40. The van der Waals surface area contributed by atoms with Gasteiger partial charge in [0.25, 0.3) is 5.91 Å². The summed E-state index contributed by atoms with van der Waals surface area (Å²) in [4.78, 5) is 17.4. The number of H-pyrrole nitrogens is 1. The molecule has 0 fully saturated rings. The van der Waals surface area contributed by atoms with Crippen molar-refractivity contribution in [2.75, 3.05) is 0 Å². The fourth-order valence-corrected chi connectivity index (χ4v) is 1.28. The number of amides is 1. The molecule has 16 heavy (non-hydrogen) atoms. The van der Waals surface area contributed by atoms with Crippen LogP contribution in [0.4, 0.5) is 0 Å². The molecule has 1 heterocycles.